The number of rotatable bonds is 5. The zero-order chi connectivity index (χ0) is 10.7. The third-order valence-corrected chi connectivity index (χ3v) is 2.39. The second-order valence-corrected chi connectivity index (χ2v) is 3.94. The molecule has 1 aliphatic carbocycles. The van der Waals surface area contributed by atoms with Crippen LogP contribution in [-0.2, 0) is 11.3 Å². The Hall–Kier alpha value is -1.16. The molecule has 4 nitrogen and oxygen atoms in total. The first kappa shape index (κ1) is 10.4. The van der Waals surface area contributed by atoms with Crippen LogP contribution in [0.15, 0.2) is 10.9 Å². The summed E-state index contributed by atoms with van der Waals surface area (Å²) >= 11 is 0. The molecular weight excluding hydrogens is 192 g/mol. The molecule has 0 aliphatic heterocycles. The number of H-pyrrole nitrogens is 1. The minimum absolute atomic E-state index is 0.0676. The highest BCUT2D eigenvalue weighted by molar-refractivity contribution is 5.13. The van der Waals surface area contributed by atoms with Crippen molar-refractivity contribution < 1.29 is 4.74 Å². The van der Waals surface area contributed by atoms with Gasteiger partial charge in [0, 0.05) is 18.6 Å². The fraction of sp³-hybridized carbons (Fsp3) is 0.636. The molecule has 4 heteroatoms. The lowest BCUT2D eigenvalue weighted by Gasteiger charge is -2.03. The molecule has 0 amide bonds. The van der Waals surface area contributed by atoms with E-state index in [1.807, 2.05) is 0 Å². The molecule has 0 saturated heterocycles. The van der Waals surface area contributed by atoms with E-state index < -0.39 is 0 Å². The molecule has 0 radical (unpaired) electrons. The quantitative estimate of drug-likeness (QED) is 0.747. The molecule has 1 aromatic heterocycles. The van der Waals surface area contributed by atoms with Gasteiger partial charge in [0.05, 0.1) is 5.69 Å². The summed E-state index contributed by atoms with van der Waals surface area (Å²) in [7, 11) is 0. The van der Waals surface area contributed by atoms with Crippen molar-refractivity contribution in [3.63, 3.8) is 0 Å². The number of hydrogen-bond acceptors (Lipinski definition) is 3. The van der Waals surface area contributed by atoms with Gasteiger partial charge in [-0.15, -0.1) is 0 Å². The summed E-state index contributed by atoms with van der Waals surface area (Å²) in [4.78, 5) is 18.4. The Labute approximate surface area is 88.7 Å². The minimum Gasteiger partial charge on any atom is -0.374 e. The molecule has 1 fully saturated rings. The van der Waals surface area contributed by atoms with E-state index in [0.717, 1.165) is 25.0 Å². The van der Waals surface area contributed by atoms with E-state index in [-0.39, 0.29) is 5.56 Å². The third kappa shape index (κ3) is 2.89. The van der Waals surface area contributed by atoms with Crippen molar-refractivity contribution in [2.75, 3.05) is 6.61 Å². The topological polar surface area (TPSA) is 55.0 Å². The predicted molar refractivity (Wildman–Crippen MR) is 56.8 cm³/mol. The number of nitrogens with zero attached hydrogens (tertiary/aromatic N) is 1. The highest BCUT2D eigenvalue weighted by Crippen LogP contribution is 2.38. The molecule has 1 heterocycles. The molecular formula is C11H16N2O2. The lowest BCUT2D eigenvalue weighted by molar-refractivity contribution is 0.115. The molecule has 0 aromatic carbocycles. The first-order chi connectivity index (χ1) is 7.29. The van der Waals surface area contributed by atoms with Gasteiger partial charge in [0.15, 0.2) is 0 Å². The first-order valence-electron chi connectivity index (χ1n) is 5.47. The van der Waals surface area contributed by atoms with Crippen LogP contribution >= 0.6 is 0 Å². The Morgan fingerprint density at radius 2 is 2.40 bits per heavy atom. The second kappa shape index (κ2) is 4.57. The Morgan fingerprint density at radius 1 is 1.60 bits per heavy atom. The van der Waals surface area contributed by atoms with Crippen LogP contribution in [0, 0.1) is 0 Å². The fourth-order valence-corrected chi connectivity index (χ4v) is 1.50. The van der Waals surface area contributed by atoms with Gasteiger partial charge in [-0.25, -0.2) is 4.98 Å². The molecule has 1 aliphatic rings. The van der Waals surface area contributed by atoms with Gasteiger partial charge in [-0.05, 0) is 19.3 Å². The van der Waals surface area contributed by atoms with Gasteiger partial charge >= 0.3 is 0 Å². The summed E-state index contributed by atoms with van der Waals surface area (Å²) in [5, 5.41) is 0. The summed E-state index contributed by atoms with van der Waals surface area (Å²) in [6.45, 7) is 3.16. The van der Waals surface area contributed by atoms with Crippen LogP contribution in [0.1, 0.15) is 43.6 Å². The largest absolute Gasteiger partial charge is 0.374 e. The van der Waals surface area contributed by atoms with Crippen LogP contribution < -0.4 is 5.56 Å². The summed E-state index contributed by atoms with van der Waals surface area (Å²) < 4.78 is 5.35. The maximum Gasteiger partial charge on any atom is 0.251 e. The van der Waals surface area contributed by atoms with Gasteiger partial charge in [-0.2, -0.15) is 0 Å². The molecule has 0 atom stereocenters. The highest BCUT2D eigenvalue weighted by Gasteiger charge is 2.25. The monoisotopic (exact) mass is 208 g/mol. The molecule has 0 unspecified atom stereocenters. The number of hydrogen-bond donors (Lipinski definition) is 1. The van der Waals surface area contributed by atoms with Crippen LogP contribution in [-0.4, -0.2) is 16.6 Å². The van der Waals surface area contributed by atoms with Crippen LogP contribution in [0.25, 0.3) is 0 Å². The molecule has 1 saturated carbocycles. The van der Waals surface area contributed by atoms with Gasteiger partial charge in [0.25, 0.3) is 5.56 Å². The van der Waals surface area contributed by atoms with Crippen molar-refractivity contribution in [2.24, 2.45) is 0 Å². The SMILES string of the molecule is CCCOCc1nc(C2CC2)cc(=O)[nH]1. The molecule has 1 aromatic rings. The number of aromatic amines is 1. The maximum absolute atomic E-state index is 11.3. The van der Waals surface area contributed by atoms with Gasteiger partial charge in [-0.1, -0.05) is 6.92 Å². The van der Waals surface area contributed by atoms with Gasteiger partial charge in [-0.3, -0.25) is 4.79 Å². The molecule has 0 spiro atoms. The summed E-state index contributed by atoms with van der Waals surface area (Å²) in [6, 6.07) is 1.60. The summed E-state index contributed by atoms with van der Waals surface area (Å²) in [6.07, 6.45) is 3.30. The van der Waals surface area contributed by atoms with E-state index in [0.29, 0.717) is 25.0 Å². The molecule has 0 bridgehead atoms. The van der Waals surface area contributed by atoms with E-state index in [9.17, 15) is 4.79 Å². The van der Waals surface area contributed by atoms with Crippen molar-refractivity contribution in [3.05, 3.63) is 27.9 Å². The van der Waals surface area contributed by atoms with Crippen molar-refractivity contribution in [1.29, 1.82) is 0 Å². The molecule has 2 rings (SSSR count). The van der Waals surface area contributed by atoms with Crippen molar-refractivity contribution in [2.45, 2.75) is 38.7 Å². The zero-order valence-electron chi connectivity index (χ0n) is 8.95. The average Bonchev–Trinajstić information content (AvgIpc) is 3.00. The van der Waals surface area contributed by atoms with E-state index >= 15 is 0 Å². The number of aromatic nitrogens is 2. The Balaban J connectivity index is 2.06. The van der Waals surface area contributed by atoms with Crippen LogP contribution in [0.5, 0.6) is 0 Å². The lowest BCUT2D eigenvalue weighted by atomic mass is 10.3. The van der Waals surface area contributed by atoms with Crippen LogP contribution in [0.2, 0.25) is 0 Å². The van der Waals surface area contributed by atoms with Crippen molar-refractivity contribution >= 4 is 0 Å². The zero-order valence-corrected chi connectivity index (χ0v) is 8.95. The Bertz CT molecular complexity index is 382. The van der Waals surface area contributed by atoms with Crippen molar-refractivity contribution in [3.8, 4) is 0 Å². The predicted octanol–water partition coefficient (Wildman–Crippen LogP) is 1.57. The van der Waals surface area contributed by atoms with Gasteiger partial charge in [0.2, 0.25) is 0 Å². The number of ether oxygens (including phenoxy) is 1. The van der Waals surface area contributed by atoms with E-state index in [1.165, 1.54) is 0 Å². The van der Waals surface area contributed by atoms with E-state index in [1.54, 1.807) is 6.07 Å². The standard InChI is InChI=1S/C11H16N2O2/c1-2-5-15-7-10-12-9(8-3-4-8)6-11(14)13-10/h6,8H,2-5,7H2,1H3,(H,12,13,14). The number of nitrogens with one attached hydrogen (secondary N) is 1. The van der Waals surface area contributed by atoms with Crippen LogP contribution in [0.4, 0.5) is 0 Å². The molecule has 15 heavy (non-hydrogen) atoms. The third-order valence-electron chi connectivity index (χ3n) is 2.39. The van der Waals surface area contributed by atoms with E-state index in [2.05, 4.69) is 16.9 Å². The Kier molecular flexibility index (Phi) is 3.16. The highest BCUT2D eigenvalue weighted by atomic mass is 16.5. The lowest BCUT2D eigenvalue weighted by Crippen LogP contribution is -2.13. The summed E-state index contributed by atoms with van der Waals surface area (Å²) in [5.41, 5.74) is 0.857. The smallest absolute Gasteiger partial charge is 0.251 e. The van der Waals surface area contributed by atoms with Gasteiger partial charge in [0.1, 0.15) is 12.4 Å². The van der Waals surface area contributed by atoms with E-state index in [4.69, 9.17) is 4.74 Å². The van der Waals surface area contributed by atoms with Gasteiger partial charge < -0.3 is 9.72 Å². The first-order valence-corrected chi connectivity index (χ1v) is 5.47. The summed E-state index contributed by atoms with van der Waals surface area (Å²) in [5.74, 6) is 1.16. The normalized spacial score (nSPS) is 15.5. The average molecular weight is 208 g/mol. The van der Waals surface area contributed by atoms with Crippen LogP contribution in [0.3, 0.4) is 0 Å². The molecule has 82 valence electrons. The van der Waals surface area contributed by atoms with Crippen molar-refractivity contribution in [1.82, 2.24) is 9.97 Å². The fourth-order valence-electron chi connectivity index (χ4n) is 1.50. The maximum atomic E-state index is 11.3. The second-order valence-electron chi connectivity index (χ2n) is 3.94. The molecule has 1 N–H and O–H groups in total. The Morgan fingerprint density at radius 3 is 3.07 bits per heavy atom. The minimum atomic E-state index is -0.0676.